The molecule has 0 radical (unpaired) electrons. The fourth-order valence-corrected chi connectivity index (χ4v) is 2.24. The molecule has 0 saturated heterocycles. The van der Waals surface area contributed by atoms with Gasteiger partial charge in [-0.1, -0.05) is 29.8 Å². The summed E-state index contributed by atoms with van der Waals surface area (Å²) in [6.07, 6.45) is -0.217. The van der Waals surface area contributed by atoms with Crippen LogP contribution in [0.4, 0.5) is 0 Å². The van der Waals surface area contributed by atoms with Gasteiger partial charge >= 0.3 is 5.97 Å². The molecule has 0 aromatic heterocycles. The number of hydrogen-bond acceptors (Lipinski definition) is 4. The van der Waals surface area contributed by atoms with Crippen LogP contribution >= 0.6 is 0 Å². The van der Waals surface area contributed by atoms with Gasteiger partial charge in [-0.25, -0.2) is 0 Å². The Hall–Kier alpha value is -3.33. The average molecular weight is 338 g/mol. The lowest BCUT2D eigenvalue weighted by molar-refractivity contribution is -0.137. The summed E-state index contributed by atoms with van der Waals surface area (Å²) in [7, 11) is 0. The van der Waals surface area contributed by atoms with Crippen molar-refractivity contribution in [2.75, 3.05) is 6.61 Å². The lowest BCUT2D eigenvalue weighted by Gasteiger charge is -2.18. The van der Waals surface area contributed by atoms with Crippen LogP contribution in [0.15, 0.2) is 48.5 Å². The van der Waals surface area contributed by atoms with E-state index in [0.717, 1.165) is 11.1 Å². The van der Waals surface area contributed by atoms with Crippen molar-refractivity contribution in [2.45, 2.75) is 19.4 Å². The van der Waals surface area contributed by atoms with Crippen LogP contribution in [-0.4, -0.2) is 23.6 Å². The number of nitrogens with zero attached hydrogens (tertiary/aromatic N) is 1. The first-order valence-electron chi connectivity index (χ1n) is 7.68. The molecule has 2 aromatic rings. The number of hydrogen-bond donors (Lipinski definition) is 2. The van der Waals surface area contributed by atoms with Gasteiger partial charge in [-0.2, -0.15) is 5.26 Å². The van der Waals surface area contributed by atoms with Gasteiger partial charge in [0, 0.05) is 0 Å². The van der Waals surface area contributed by atoms with Crippen molar-refractivity contribution in [1.82, 2.24) is 5.32 Å². The number of nitriles is 1. The quantitative estimate of drug-likeness (QED) is 0.808. The topological polar surface area (TPSA) is 99.4 Å². The van der Waals surface area contributed by atoms with Gasteiger partial charge in [0.2, 0.25) is 0 Å². The molecule has 2 aromatic carbocycles. The molecule has 0 aliphatic carbocycles. The number of aryl methyl sites for hydroxylation is 1. The first-order chi connectivity index (χ1) is 12.0. The SMILES string of the molecule is Cc1ccc([C@H](CC(=O)O)NC(=O)COc2ccc(C#N)cc2)cc1. The van der Waals surface area contributed by atoms with E-state index in [1.54, 1.807) is 36.4 Å². The molecule has 128 valence electrons. The van der Waals surface area contributed by atoms with Crippen molar-refractivity contribution in [3.63, 3.8) is 0 Å². The van der Waals surface area contributed by atoms with Crippen LogP contribution in [-0.2, 0) is 9.59 Å². The zero-order chi connectivity index (χ0) is 18.2. The van der Waals surface area contributed by atoms with E-state index >= 15 is 0 Å². The standard InChI is InChI=1S/C19H18N2O4/c1-13-2-6-15(7-3-13)17(10-19(23)24)21-18(22)12-25-16-8-4-14(11-20)5-9-16/h2-9,17H,10,12H2,1H3,(H,21,22)(H,23,24)/t17-/m0/s1. The third-order valence-corrected chi connectivity index (χ3v) is 3.55. The van der Waals surface area contributed by atoms with Crippen molar-refractivity contribution in [3.8, 4) is 11.8 Å². The first-order valence-corrected chi connectivity index (χ1v) is 7.68. The van der Waals surface area contributed by atoms with Gasteiger partial charge in [0.05, 0.1) is 24.1 Å². The summed E-state index contributed by atoms with van der Waals surface area (Å²) in [5, 5.41) is 20.5. The summed E-state index contributed by atoms with van der Waals surface area (Å²) in [6, 6.07) is 15.1. The van der Waals surface area contributed by atoms with Gasteiger partial charge in [0.15, 0.2) is 6.61 Å². The summed E-state index contributed by atoms with van der Waals surface area (Å²) in [5.41, 5.74) is 2.27. The van der Waals surface area contributed by atoms with Gasteiger partial charge in [-0.3, -0.25) is 9.59 Å². The van der Waals surface area contributed by atoms with E-state index < -0.39 is 17.9 Å². The van der Waals surface area contributed by atoms with Crippen LogP contribution in [0.2, 0.25) is 0 Å². The zero-order valence-electron chi connectivity index (χ0n) is 13.7. The fraction of sp³-hybridized carbons (Fsp3) is 0.211. The summed E-state index contributed by atoms with van der Waals surface area (Å²) in [5.74, 6) is -0.964. The highest BCUT2D eigenvalue weighted by molar-refractivity contribution is 5.79. The molecule has 6 heteroatoms. The van der Waals surface area contributed by atoms with Crippen LogP contribution < -0.4 is 10.1 Å². The number of amides is 1. The Morgan fingerprint density at radius 3 is 2.36 bits per heavy atom. The minimum absolute atomic E-state index is 0.217. The Bertz CT molecular complexity index is 777. The monoisotopic (exact) mass is 338 g/mol. The predicted molar refractivity (Wildman–Crippen MR) is 91.0 cm³/mol. The largest absolute Gasteiger partial charge is 0.484 e. The lowest BCUT2D eigenvalue weighted by Crippen LogP contribution is -2.33. The van der Waals surface area contributed by atoms with Crippen LogP contribution in [0.3, 0.4) is 0 Å². The van der Waals surface area contributed by atoms with E-state index in [1.165, 1.54) is 0 Å². The molecule has 6 nitrogen and oxygen atoms in total. The molecule has 0 heterocycles. The van der Waals surface area contributed by atoms with E-state index in [4.69, 9.17) is 15.1 Å². The number of carboxylic acid groups (broad SMARTS) is 1. The molecule has 25 heavy (non-hydrogen) atoms. The smallest absolute Gasteiger partial charge is 0.305 e. The van der Waals surface area contributed by atoms with Crippen molar-refractivity contribution in [1.29, 1.82) is 5.26 Å². The highest BCUT2D eigenvalue weighted by Crippen LogP contribution is 2.18. The number of ether oxygens (including phenoxy) is 1. The van der Waals surface area contributed by atoms with Crippen LogP contribution in [0.25, 0.3) is 0 Å². The van der Waals surface area contributed by atoms with Gasteiger partial charge in [-0.15, -0.1) is 0 Å². The molecule has 0 fully saturated rings. The number of carbonyl (C=O) groups excluding carboxylic acids is 1. The van der Waals surface area contributed by atoms with E-state index in [1.807, 2.05) is 25.1 Å². The van der Waals surface area contributed by atoms with Crippen LogP contribution in [0.1, 0.15) is 29.2 Å². The van der Waals surface area contributed by atoms with Gasteiger partial charge < -0.3 is 15.2 Å². The second-order valence-corrected chi connectivity index (χ2v) is 5.55. The van der Waals surface area contributed by atoms with E-state index in [2.05, 4.69) is 5.32 Å². The zero-order valence-corrected chi connectivity index (χ0v) is 13.7. The molecule has 0 spiro atoms. The lowest BCUT2D eigenvalue weighted by atomic mass is 10.0. The molecule has 0 unspecified atom stereocenters. The Morgan fingerprint density at radius 2 is 1.80 bits per heavy atom. The third-order valence-electron chi connectivity index (χ3n) is 3.55. The Morgan fingerprint density at radius 1 is 1.16 bits per heavy atom. The molecule has 1 amide bonds. The molecule has 2 rings (SSSR count). The van der Waals surface area contributed by atoms with E-state index in [9.17, 15) is 9.59 Å². The third kappa shape index (κ3) is 5.66. The summed E-state index contributed by atoms with van der Waals surface area (Å²) in [4.78, 5) is 23.2. The number of rotatable bonds is 7. The normalized spacial score (nSPS) is 11.2. The van der Waals surface area contributed by atoms with Gasteiger partial charge in [0.25, 0.3) is 5.91 Å². The molecule has 2 N–H and O–H groups in total. The second-order valence-electron chi connectivity index (χ2n) is 5.55. The highest BCUT2D eigenvalue weighted by atomic mass is 16.5. The number of nitrogens with one attached hydrogen (secondary N) is 1. The second kappa shape index (κ2) is 8.50. The maximum absolute atomic E-state index is 12.1. The summed E-state index contributed by atoms with van der Waals surface area (Å²) < 4.78 is 5.36. The molecular weight excluding hydrogens is 320 g/mol. The number of carbonyl (C=O) groups is 2. The Labute approximate surface area is 145 Å². The number of aliphatic carboxylic acids is 1. The first kappa shape index (κ1) is 18.0. The van der Waals surface area contributed by atoms with E-state index in [-0.39, 0.29) is 13.0 Å². The number of carboxylic acids is 1. The van der Waals surface area contributed by atoms with Crippen molar-refractivity contribution >= 4 is 11.9 Å². The summed E-state index contributed by atoms with van der Waals surface area (Å²) in [6.45, 7) is 1.69. The minimum Gasteiger partial charge on any atom is -0.484 e. The molecule has 1 atom stereocenters. The molecule has 0 saturated carbocycles. The van der Waals surface area contributed by atoms with Crippen LogP contribution in [0.5, 0.6) is 5.75 Å². The van der Waals surface area contributed by atoms with Gasteiger partial charge in [-0.05, 0) is 36.8 Å². The molecular formula is C19H18N2O4. The Balaban J connectivity index is 1.97. The predicted octanol–water partition coefficient (Wildman–Crippen LogP) is 2.58. The molecule has 0 aliphatic rings. The maximum Gasteiger partial charge on any atom is 0.305 e. The van der Waals surface area contributed by atoms with Crippen LogP contribution in [0, 0.1) is 18.3 Å². The molecule has 0 aliphatic heterocycles. The van der Waals surface area contributed by atoms with Gasteiger partial charge in [0.1, 0.15) is 5.75 Å². The van der Waals surface area contributed by atoms with Crippen molar-refractivity contribution in [3.05, 3.63) is 65.2 Å². The Kier molecular flexibility index (Phi) is 6.13. The minimum atomic E-state index is -1.00. The summed E-state index contributed by atoms with van der Waals surface area (Å²) >= 11 is 0. The van der Waals surface area contributed by atoms with Crippen molar-refractivity contribution < 1.29 is 19.4 Å². The maximum atomic E-state index is 12.1. The van der Waals surface area contributed by atoms with E-state index in [0.29, 0.717) is 11.3 Å². The average Bonchev–Trinajstić information content (AvgIpc) is 2.60. The fourth-order valence-electron chi connectivity index (χ4n) is 2.24. The molecule has 0 bridgehead atoms. The van der Waals surface area contributed by atoms with Crippen molar-refractivity contribution in [2.24, 2.45) is 0 Å². The highest BCUT2D eigenvalue weighted by Gasteiger charge is 2.18. The number of benzene rings is 2.